The van der Waals surface area contributed by atoms with E-state index in [0.29, 0.717) is 23.6 Å². The molecule has 20 heavy (non-hydrogen) atoms. The SMILES string of the molecule is Cc1cccc(N(C)CCC(=O)c2cccc(Cl)c2)c1. The van der Waals surface area contributed by atoms with Crippen molar-refractivity contribution in [2.24, 2.45) is 0 Å². The lowest BCUT2D eigenvalue weighted by molar-refractivity contribution is 0.0985. The predicted octanol–water partition coefficient (Wildman–Crippen LogP) is 4.36. The first-order valence-corrected chi connectivity index (χ1v) is 7.00. The number of halogens is 1. The van der Waals surface area contributed by atoms with Gasteiger partial charge in [-0.1, -0.05) is 35.9 Å². The molecule has 0 bridgehead atoms. The van der Waals surface area contributed by atoms with Crippen molar-refractivity contribution < 1.29 is 4.79 Å². The van der Waals surface area contributed by atoms with Crippen LogP contribution in [0.15, 0.2) is 48.5 Å². The van der Waals surface area contributed by atoms with Crippen molar-refractivity contribution in [1.82, 2.24) is 0 Å². The fourth-order valence-electron chi connectivity index (χ4n) is 2.07. The third-order valence-corrected chi connectivity index (χ3v) is 3.50. The molecule has 0 aliphatic rings. The van der Waals surface area contributed by atoms with Crippen LogP contribution in [0.25, 0.3) is 0 Å². The van der Waals surface area contributed by atoms with E-state index in [9.17, 15) is 4.79 Å². The Kier molecular flexibility index (Phi) is 4.80. The highest BCUT2D eigenvalue weighted by molar-refractivity contribution is 6.31. The summed E-state index contributed by atoms with van der Waals surface area (Å²) >= 11 is 5.90. The molecular weight excluding hydrogens is 270 g/mol. The topological polar surface area (TPSA) is 20.3 Å². The summed E-state index contributed by atoms with van der Waals surface area (Å²) in [7, 11) is 2.00. The van der Waals surface area contributed by atoms with E-state index >= 15 is 0 Å². The second-order valence-corrected chi connectivity index (χ2v) is 5.38. The van der Waals surface area contributed by atoms with Gasteiger partial charge in [0.1, 0.15) is 0 Å². The average molecular weight is 288 g/mol. The van der Waals surface area contributed by atoms with Crippen LogP contribution in [0, 0.1) is 6.92 Å². The van der Waals surface area contributed by atoms with E-state index in [4.69, 9.17) is 11.6 Å². The smallest absolute Gasteiger partial charge is 0.164 e. The van der Waals surface area contributed by atoms with Gasteiger partial charge in [-0.2, -0.15) is 0 Å². The molecule has 2 aromatic rings. The van der Waals surface area contributed by atoms with Crippen molar-refractivity contribution in [2.45, 2.75) is 13.3 Å². The molecule has 104 valence electrons. The number of benzene rings is 2. The zero-order chi connectivity index (χ0) is 14.5. The summed E-state index contributed by atoms with van der Waals surface area (Å²) in [5.41, 5.74) is 3.02. The van der Waals surface area contributed by atoms with Gasteiger partial charge in [-0.05, 0) is 36.8 Å². The summed E-state index contributed by atoms with van der Waals surface area (Å²) in [5, 5.41) is 0.600. The molecule has 0 aromatic heterocycles. The molecule has 0 aliphatic heterocycles. The maximum absolute atomic E-state index is 12.1. The zero-order valence-electron chi connectivity index (χ0n) is 11.8. The molecule has 2 nitrogen and oxygen atoms in total. The maximum atomic E-state index is 12.1. The first-order chi connectivity index (χ1) is 9.56. The predicted molar refractivity (Wildman–Crippen MR) is 84.8 cm³/mol. The molecule has 2 aromatic carbocycles. The number of Topliss-reactive ketones (excluding diaryl/α,β-unsaturated/α-hetero) is 1. The van der Waals surface area contributed by atoms with E-state index < -0.39 is 0 Å². The number of hydrogen-bond acceptors (Lipinski definition) is 2. The van der Waals surface area contributed by atoms with E-state index in [1.54, 1.807) is 24.3 Å². The molecule has 0 radical (unpaired) electrons. The molecule has 0 amide bonds. The average Bonchev–Trinajstić information content (AvgIpc) is 2.44. The number of nitrogens with zero attached hydrogens (tertiary/aromatic N) is 1. The summed E-state index contributed by atoms with van der Waals surface area (Å²) in [4.78, 5) is 14.2. The second-order valence-electron chi connectivity index (χ2n) is 4.94. The molecular formula is C17H18ClNO. The van der Waals surface area contributed by atoms with Gasteiger partial charge in [0.2, 0.25) is 0 Å². The van der Waals surface area contributed by atoms with Gasteiger partial charge in [-0.3, -0.25) is 4.79 Å². The molecule has 0 unspecified atom stereocenters. The normalized spacial score (nSPS) is 10.3. The third kappa shape index (κ3) is 3.84. The summed E-state index contributed by atoms with van der Waals surface area (Å²) in [6.07, 6.45) is 0.477. The van der Waals surface area contributed by atoms with Gasteiger partial charge in [0.25, 0.3) is 0 Å². The van der Waals surface area contributed by atoms with Crippen molar-refractivity contribution in [3.05, 3.63) is 64.7 Å². The molecule has 3 heteroatoms. The van der Waals surface area contributed by atoms with Gasteiger partial charge >= 0.3 is 0 Å². The lowest BCUT2D eigenvalue weighted by atomic mass is 10.1. The van der Waals surface area contributed by atoms with E-state index in [1.165, 1.54) is 5.56 Å². The fourth-order valence-corrected chi connectivity index (χ4v) is 2.26. The number of hydrogen-bond donors (Lipinski definition) is 0. The molecule has 0 N–H and O–H groups in total. The molecule has 0 fully saturated rings. The minimum atomic E-state index is 0.118. The number of rotatable bonds is 5. The van der Waals surface area contributed by atoms with Gasteiger partial charge in [-0.15, -0.1) is 0 Å². The Hall–Kier alpha value is -1.80. The summed E-state index contributed by atoms with van der Waals surface area (Å²) in [6.45, 7) is 2.75. The largest absolute Gasteiger partial charge is 0.374 e. The van der Waals surface area contributed by atoms with Crippen molar-refractivity contribution >= 4 is 23.1 Å². The number of aryl methyl sites for hydroxylation is 1. The van der Waals surface area contributed by atoms with E-state index in [-0.39, 0.29) is 5.78 Å². The standard InChI is InChI=1S/C17H18ClNO/c1-13-5-3-8-16(11-13)19(2)10-9-17(20)14-6-4-7-15(18)12-14/h3-8,11-12H,9-10H2,1-2H3. The van der Waals surface area contributed by atoms with Gasteiger partial charge in [0.15, 0.2) is 5.78 Å². The highest BCUT2D eigenvalue weighted by Gasteiger charge is 2.08. The van der Waals surface area contributed by atoms with Crippen LogP contribution in [-0.2, 0) is 0 Å². The molecule has 0 spiro atoms. The molecule has 0 saturated heterocycles. The van der Waals surface area contributed by atoms with Crippen LogP contribution < -0.4 is 4.90 Å². The second kappa shape index (κ2) is 6.58. The van der Waals surface area contributed by atoms with E-state index in [2.05, 4.69) is 30.0 Å². The van der Waals surface area contributed by atoms with Crippen LogP contribution in [0.3, 0.4) is 0 Å². The lowest BCUT2D eigenvalue weighted by Crippen LogP contribution is -2.21. The van der Waals surface area contributed by atoms with Crippen LogP contribution >= 0.6 is 11.6 Å². The molecule has 0 heterocycles. The van der Waals surface area contributed by atoms with Crippen LogP contribution in [0.5, 0.6) is 0 Å². The van der Waals surface area contributed by atoms with Crippen LogP contribution in [0.1, 0.15) is 22.3 Å². The molecule has 2 rings (SSSR count). The Bertz CT molecular complexity index is 609. The summed E-state index contributed by atoms with van der Waals surface area (Å²) in [6, 6.07) is 15.4. The number of carbonyl (C=O) groups excluding carboxylic acids is 1. The van der Waals surface area contributed by atoms with Gasteiger partial charge in [-0.25, -0.2) is 0 Å². The van der Waals surface area contributed by atoms with Crippen LogP contribution in [0.4, 0.5) is 5.69 Å². The number of anilines is 1. The Morgan fingerprint density at radius 2 is 1.90 bits per heavy atom. The highest BCUT2D eigenvalue weighted by atomic mass is 35.5. The van der Waals surface area contributed by atoms with Crippen LogP contribution in [-0.4, -0.2) is 19.4 Å². The first kappa shape index (κ1) is 14.6. The van der Waals surface area contributed by atoms with Crippen LogP contribution in [0.2, 0.25) is 5.02 Å². The quantitative estimate of drug-likeness (QED) is 0.762. The number of ketones is 1. The maximum Gasteiger partial charge on any atom is 0.164 e. The highest BCUT2D eigenvalue weighted by Crippen LogP contribution is 2.16. The first-order valence-electron chi connectivity index (χ1n) is 6.63. The zero-order valence-corrected chi connectivity index (χ0v) is 12.5. The Morgan fingerprint density at radius 1 is 1.15 bits per heavy atom. The minimum Gasteiger partial charge on any atom is -0.374 e. The Balaban J connectivity index is 1.96. The van der Waals surface area contributed by atoms with Crippen molar-refractivity contribution in [2.75, 3.05) is 18.5 Å². The Morgan fingerprint density at radius 3 is 2.60 bits per heavy atom. The van der Waals surface area contributed by atoms with Crippen molar-refractivity contribution in [3.8, 4) is 0 Å². The molecule has 0 aliphatic carbocycles. The van der Waals surface area contributed by atoms with Gasteiger partial charge in [0, 0.05) is 36.3 Å². The van der Waals surface area contributed by atoms with Gasteiger partial charge in [0.05, 0.1) is 0 Å². The lowest BCUT2D eigenvalue weighted by Gasteiger charge is -2.19. The monoisotopic (exact) mass is 287 g/mol. The summed E-state index contributed by atoms with van der Waals surface area (Å²) < 4.78 is 0. The molecule has 0 atom stereocenters. The van der Waals surface area contributed by atoms with E-state index in [0.717, 1.165) is 5.69 Å². The summed E-state index contributed by atoms with van der Waals surface area (Å²) in [5.74, 6) is 0.118. The number of carbonyl (C=O) groups is 1. The van der Waals surface area contributed by atoms with Gasteiger partial charge < -0.3 is 4.90 Å². The minimum absolute atomic E-state index is 0.118. The third-order valence-electron chi connectivity index (χ3n) is 3.26. The van der Waals surface area contributed by atoms with E-state index in [1.807, 2.05) is 13.1 Å². The Labute approximate surface area is 125 Å². The fraction of sp³-hybridized carbons (Fsp3) is 0.235. The van der Waals surface area contributed by atoms with Crippen molar-refractivity contribution in [1.29, 1.82) is 0 Å². The van der Waals surface area contributed by atoms with Crippen molar-refractivity contribution in [3.63, 3.8) is 0 Å². The molecule has 0 saturated carbocycles.